The lowest BCUT2D eigenvalue weighted by Crippen LogP contribution is -2.05. The van der Waals surface area contributed by atoms with Crippen LogP contribution in [0.2, 0.25) is 0 Å². The molecule has 10 aromatic heterocycles. The number of ether oxygens (including phenoxy) is 2. The second-order valence-corrected chi connectivity index (χ2v) is 31.3. The number of hydrogen-bond acceptors (Lipinski definition) is 22. The zero-order valence-electron chi connectivity index (χ0n) is 74.6. The largest absolute Gasteiger partial charge is 0.494 e. The van der Waals surface area contributed by atoms with Crippen LogP contribution < -0.4 is 36.1 Å². The molecule has 27 heteroatoms. The monoisotopic (exact) mass is 1720 g/mol. The summed E-state index contributed by atoms with van der Waals surface area (Å²) in [5.74, 6) is 13.8. The highest BCUT2D eigenvalue weighted by atomic mass is 16.5. The third-order valence-electron chi connectivity index (χ3n) is 21.1. The van der Waals surface area contributed by atoms with Crippen molar-refractivity contribution in [2.45, 2.75) is 114 Å². The molecule has 10 heterocycles. The van der Waals surface area contributed by atoms with Gasteiger partial charge in [-0.1, -0.05) is 131 Å². The number of aryl methyl sites for hydroxylation is 7. The summed E-state index contributed by atoms with van der Waals surface area (Å²) in [6, 6.07) is 80.9. The van der Waals surface area contributed by atoms with Crippen molar-refractivity contribution < 1.29 is 9.47 Å². The third kappa shape index (κ3) is 21.0. The molecule has 0 aliphatic rings. The summed E-state index contributed by atoms with van der Waals surface area (Å²) >= 11 is 0. The topological polar surface area (TPSA) is 297 Å². The van der Waals surface area contributed by atoms with Gasteiger partial charge in [-0.3, -0.25) is 47.8 Å². The first-order valence-electron chi connectivity index (χ1n) is 43.4. The van der Waals surface area contributed by atoms with Crippen LogP contribution in [0.3, 0.4) is 0 Å². The van der Waals surface area contributed by atoms with Crippen LogP contribution in [-0.2, 0) is 12.8 Å². The van der Waals surface area contributed by atoms with E-state index in [9.17, 15) is 0 Å². The lowest BCUT2D eigenvalue weighted by Gasteiger charge is -2.11. The number of rotatable bonds is 23. The first-order chi connectivity index (χ1) is 63.4. The van der Waals surface area contributed by atoms with E-state index in [-0.39, 0.29) is 6.10 Å². The highest BCUT2D eigenvalue weighted by Gasteiger charge is 2.18. The number of nitrogens with one attached hydrogen (secondary N) is 5. The Labute approximate surface area is 754 Å². The third-order valence-corrected chi connectivity index (χ3v) is 21.1. The van der Waals surface area contributed by atoms with Gasteiger partial charge in [-0.25, -0.2) is 49.8 Å². The van der Waals surface area contributed by atoms with Gasteiger partial charge in [-0.2, -0.15) is 0 Å². The van der Waals surface area contributed by atoms with Gasteiger partial charge in [0.05, 0.1) is 130 Å². The summed E-state index contributed by atoms with van der Waals surface area (Å²) < 4.78 is 21.2. The quantitative estimate of drug-likeness (QED) is 0.0397. The molecule has 0 amide bonds. The smallest absolute Gasteiger partial charge is 0.159 e. The molecule has 130 heavy (non-hydrogen) atoms. The summed E-state index contributed by atoms with van der Waals surface area (Å²) in [7, 11) is 0. The number of aromatic nitrogens is 20. The van der Waals surface area contributed by atoms with Crippen molar-refractivity contribution in [3.05, 3.63) is 350 Å². The van der Waals surface area contributed by atoms with Gasteiger partial charge in [0.2, 0.25) is 0 Å². The summed E-state index contributed by atoms with van der Waals surface area (Å²) in [6.45, 7) is 25.2. The Morgan fingerprint density at radius 1 is 0.277 bits per heavy atom. The molecule has 0 saturated carbocycles. The van der Waals surface area contributed by atoms with Crippen LogP contribution >= 0.6 is 0 Å². The predicted molar refractivity (Wildman–Crippen MR) is 520 cm³/mol. The molecular formula is C103H101N25O2. The maximum absolute atomic E-state index is 5.68. The molecule has 0 radical (unpaired) electrons. The SMILES string of the molecule is CCCc1ccc(Nc2cncc(-n3c(C)nc4ccccc43)n2)cc1.CCOc1ccc(Nc2cncc(-n3c(C)nc4ccccc43)n2)cc1.CCc1ccc(Nc2cncc(-n3c(C)nc4ccccc43)n2)cc1.Cc1nc2ccccc2n1-c1cncc(Nc2ccc(C(C)C)cc2)n1.Cc1nc2ccccc2n1-c1cncc(Nc2ccc(OC(C)C)cc2)n1. The fourth-order valence-electron chi connectivity index (χ4n) is 15.0. The van der Waals surface area contributed by atoms with Crippen LogP contribution in [0, 0.1) is 34.6 Å². The van der Waals surface area contributed by atoms with Crippen molar-refractivity contribution in [1.29, 1.82) is 0 Å². The van der Waals surface area contributed by atoms with Gasteiger partial charge in [0.25, 0.3) is 0 Å². The maximum atomic E-state index is 5.68. The lowest BCUT2D eigenvalue weighted by atomic mass is 10.0. The van der Waals surface area contributed by atoms with Crippen LogP contribution in [0.5, 0.6) is 11.5 Å². The maximum Gasteiger partial charge on any atom is 0.159 e. The summed E-state index contributed by atoms with van der Waals surface area (Å²) in [6.07, 6.45) is 20.8. The lowest BCUT2D eigenvalue weighted by molar-refractivity contribution is 0.242. The Bertz CT molecular complexity index is 7030. The van der Waals surface area contributed by atoms with Crippen molar-refractivity contribution in [2.24, 2.45) is 0 Å². The standard InChI is InChI=1S/C21H21N5O.2C21H21N5.C20H19N5O.C20H19N5/c1-14(2)27-17-10-8-16(9-11-17)24-20-12-22-13-21(25-20)26-15(3)23-18-6-4-5-7-19(18)26;1-14(2)16-8-10-17(11-9-16)24-20-12-22-13-21(25-20)26-15(3)23-18-6-4-5-7-19(18)26;1-3-6-16-9-11-17(12-10-16)24-20-13-22-14-21(25-20)26-15(2)23-18-7-4-5-8-19(18)26;1-3-26-16-10-8-15(9-11-16)23-19-12-21-13-20(24-19)25-14(2)22-17-6-4-5-7-18(17)25;1-3-15-8-10-16(11-9-15)23-19-12-21-13-20(24-19)25-14(2)22-17-6-4-5-7-18(17)25/h4-14H,1-3H3,(H,24,25);4-14H,1-3H3,(H,24,25);4-5,7-14H,3,6H2,1-2H3,(H,24,25);4-13H,3H2,1-2H3,(H,23,24);4-13H,3H2,1-2H3,(H,23,24). The van der Waals surface area contributed by atoms with E-state index in [0.29, 0.717) is 41.6 Å². The van der Waals surface area contributed by atoms with E-state index in [2.05, 4.69) is 177 Å². The summed E-state index contributed by atoms with van der Waals surface area (Å²) in [4.78, 5) is 68.3. The Hall–Kier alpha value is -16.5. The molecule has 20 aromatic rings. The fraction of sp³-hybridized carbons (Fsp3) is 0.175. The van der Waals surface area contributed by atoms with Crippen molar-refractivity contribution in [3.63, 3.8) is 0 Å². The van der Waals surface area contributed by atoms with Gasteiger partial charge < -0.3 is 36.1 Å². The zero-order chi connectivity index (χ0) is 90.0. The molecule has 0 atom stereocenters. The molecule has 0 bridgehead atoms. The number of imidazole rings is 5. The molecule has 0 aliphatic carbocycles. The van der Waals surface area contributed by atoms with Gasteiger partial charge in [-0.15, -0.1) is 0 Å². The normalized spacial score (nSPS) is 11.0. The zero-order valence-corrected chi connectivity index (χ0v) is 74.6. The number of nitrogens with zero attached hydrogens (tertiary/aromatic N) is 20. The van der Waals surface area contributed by atoms with E-state index in [0.717, 1.165) is 173 Å². The van der Waals surface area contributed by atoms with Gasteiger partial charge in [0, 0.05) is 28.4 Å². The number of para-hydroxylation sites is 10. The van der Waals surface area contributed by atoms with Gasteiger partial charge in [0.1, 0.15) is 40.6 Å². The van der Waals surface area contributed by atoms with E-state index < -0.39 is 0 Å². The van der Waals surface area contributed by atoms with E-state index in [4.69, 9.17) is 34.4 Å². The van der Waals surface area contributed by atoms with Gasteiger partial charge in [-0.05, 0) is 236 Å². The predicted octanol–water partition coefficient (Wildman–Crippen LogP) is 23.2. The number of fused-ring (bicyclic) bond motifs is 5. The Kier molecular flexibility index (Phi) is 27.2. The second-order valence-electron chi connectivity index (χ2n) is 31.3. The highest BCUT2D eigenvalue weighted by Crippen LogP contribution is 2.31. The van der Waals surface area contributed by atoms with Crippen LogP contribution in [0.25, 0.3) is 84.3 Å². The molecule has 20 rings (SSSR count). The number of benzene rings is 10. The molecule has 27 nitrogen and oxygen atoms in total. The number of hydrogen-bond donors (Lipinski definition) is 5. The van der Waals surface area contributed by atoms with Crippen molar-refractivity contribution >= 4 is 113 Å². The highest BCUT2D eigenvalue weighted by molar-refractivity contribution is 5.82. The first-order valence-corrected chi connectivity index (χ1v) is 43.4. The van der Waals surface area contributed by atoms with E-state index >= 15 is 0 Å². The fourth-order valence-corrected chi connectivity index (χ4v) is 15.0. The molecule has 650 valence electrons. The van der Waals surface area contributed by atoms with Crippen LogP contribution in [0.4, 0.5) is 57.5 Å². The van der Waals surface area contributed by atoms with Crippen molar-refractivity contribution in [1.82, 2.24) is 97.6 Å². The Morgan fingerprint density at radius 3 is 0.785 bits per heavy atom. The molecule has 0 spiro atoms. The second kappa shape index (κ2) is 40.7. The Balaban J connectivity index is 0.000000119. The van der Waals surface area contributed by atoms with E-state index in [1.807, 2.05) is 248 Å². The summed E-state index contributed by atoms with van der Waals surface area (Å²) in [5, 5.41) is 16.6. The van der Waals surface area contributed by atoms with E-state index in [1.54, 1.807) is 62.0 Å². The minimum Gasteiger partial charge on any atom is -0.494 e. The van der Waals surface area contributed by atoms with E-state index in [1.165, 1.54) is 16.7 Å². The average molecular weight is 1720 g/mol. The molecular weight excluding hydrogens is 1620 g/mol. The van der Waals surface area contributed by atoms with Crippen LogP contribution in [0.15, 0.2) is 305 Å². The minimum atomic E-state index is 0.152. The molecule has 0 unspecified atom stereocenters. The molecule has 10 aromatic carbocycles. The van der Waals surface area contributed by atoms with Gasteiger partial charge >= 0.3 is 0 Å². The number of anilines is 10. The minimum absolute atomic E-state index is 0.152. The average Bonchev–Trinajstić information content (AvgIpc) is 1.64. The van der Waals surface area contributed by atoms with Crippen molar-refractivity contribution in [2.75, 3.05) is 33.2 Å². The van der Waals surface area contributed by atoms with Crippen LogP contribution in [-0.4, -0.2) is 110 Å². The first kappa shape index (κ1) is 87.0. The Morgan fingerprint density at radius 2 is 0.531 bits per heavy atom. The molecule has 0 aliphatic heterocycles. The van der Waals surface area contributed by atoms with Crippen molar-refractivity contribution in [3.8, 4) is 40.6 Å². The molecule has 0 saturated heterocycles. The summed E-state index contributed by atoms with van der Waals surface area (Å²) in [5.41, 5.74) is 18.7. The van der Waals surface area contributed by atoms with Gasteiger partial charge in [0.15, 0.2) is 58.2 Å². The van der Waals surface area contributed by atoms with Crippen LogP contribution in [0.1, 0.15) is 107 Å². The molecule has 5 N–H and O–H groups in total. The molecule has 0 fully saturated rings.